The van der Waals surface area contributed by atoms with E-state index >= 15 is 0 Å². The van der Waals surface area contributed by atoms with Gasteiger partial charge in [-0.2, -0.15) is 0 Å². The second-order valence-corrected chi connectivity index (χ2v) is 9.70. The molecule has 5 rings (SSSR count). The molecule has 1 atom stereocenters. The molecule has 4 aliphatic rings. The number of hydrogen-bond donors (Lipinski definition) is 0. The van der Waals surface area contributed by atoms with Crippen molar-refractivity contribution < 1.29 is 0 Å². The fraction of sp³-hybridized carbons (Fsp3) is 0.667. The first-order valence-corrected chi connectivity index (χ1v) is 10.5. The van der Waals surface area contributed by atoms with E-state index in [9.17, 15) is 0 Å². The van der Waals surface area contributed by atoms with Crippen LogP contribution < -0.4 is 0 Å². The molecule has 4 saturated carbocycles. The van der Waals surface area contributed by atoms with E-state index in [4.69, 9.17) is 0 Å². The first-order chi connectivity index (χ1) is 12.1. The molecule has 1 nitrogen and oxygen atoms in total. The molecule has 25 heavy (non-hydrogen) atoms. The van der Waals surface area contributed by atoms with E-state index in [1.165, 1.54) is 36.8 Å². The molecular weight excluding hydrogens is 302 g/mol. The van der Waals surface area contributed by atoms with Gasteiger partial charge in [0.25, 0.3) is 0 Å². The van der Waals surface area contributed by atoms with Crippen LogP contribution in [0.25, 0.3) is 0 Å². The molecule has 1 unspecified atom stereocenters. The monoisotopic (exact) mass is 336 g/mol. The zero-order chi connectivity index (χ0) is 17.3. The quantitative estimate of drug-likeness (QED) is 0.487. The van der Waals surface area contributed by atoms with Crippen molar-refractivity contribution in [3.05, 3.63) is 48.7 Å². The molecule has 0 saturated heterocycles. The van der Waals surface area contributed by atoms with Crippen LogP contribution in [0.4, 0.5) is 0 Å². The molecule has 0 aromatic carbocycles. The number of allylic oxidation sites excluding steroid dienone is 1. The normalized spacial score (nSPS) is 34.2. The van der Waals surface area contributed by atoms with Crippen molar-refractivity contribution in [2.45, 2.75) is 71.1 Å². The Labute approximate surface area is 154 Å². The Bertz CT molecular complexity index is 552. The SMILES string of the molecule is C=C(C)CC(C[CH]c1ccncc1)CCC12CC3CC(CC(C3)C1)C2. The lowest BCUT2D eigenvalue weighted by atomic mass is 9.48. The average Bonchev–Trinajstić information content (AvgIpc) is 2.57. The summed E-state index contributed by atoms with van der Waals surface area (Å²) < 4.78 is 0. The number of nitrogens with zero attached hydrogens (tertiary/aromatic N) is 1. The Morgan fingerprint density at radius 3 is 2.32 bits per heavy atom. The Hall–Kier alpha value is -1.11. The Balaban J connectivity index is 1.35. The highest BCUT2D eigenvalue weighted by molar-refractivity contribution is 5.19. The van der Waals surface area contributed by atoms with E-state index in [1.54, 1.807) is 38.5 Å². The maximum Gasteiger partial charge on any atom is 0.0270 e. The summed E-state index contributed by atoms with van der Waals surface area (Å²) in [5.74, 6) is 4.00. The summed E-state index contributed by atoms with van der Waals surface area (Å²) in [5.41, 5.74) is 3.38. The van der Waals surface area contributed by atoms with Crippen LogP contribution in [0.2, 0.25) is 0 Å². The molecule has 135 valence electrons. The van der Waals surface area contributed by atoms with Gasteiger partial charge in [0.1, 0.15) is 0 Å². The van der Waals surface area contributed by atoms with Gasteiger partial charge in [0, 0.05) is 12.4 Å². The Morgan fingerprint density at radius 2 is 1.76 bits per heavy atom. The smallest absolute Gasteiger partial charge is 0.0270 e. The summed E-state index contributed by atoms with van der Waals surface area (Å²) in [5, 5.41) is 0. The standard InChI is InChI=1S/C24H34N/c1-18(2)11-20(4-3-19-6-9-25-10-7-19)5-8-24-15-21-12-22(16-24)14-23(13-21)17-24/h3,6-7,9-10,20-23H,1,4-5,8,11-17H2,2H3. The second-order valence-electron chi connectivity index (χ2n) is 9.70. The van der Waals surface area contributed by atoms with Gasteiger partial charge in [-0.15, -0.1) is 6.58 Å². The van der Waals surface area contributed by atoms with Crippen molar-refractivity contribution in [2.24, 2.45) is 29.1 Å². The van der Waals surface area contributed by atoms with Crippen LogP contribution in [0, 0.1) is 35.5 Å². The maximum atomic E-state index is 4.20. The van der Waals surface area contributed by atoms with Gasteiger partial charge in [0.2, 0.25) is 0 Å². The third-order valence-corrected chi connectivity index (χ3v) is 7.28. The molecule has 1 heteroatoms. The van der Waals surface area contributed by atoms with E-state index in [0.29, 0.717) is 0 Å². The highest BCUT2D eigenvalue weighted by Crippen LogP contribution is 2.61. The molecule has 1 radical (unpaired) electrons. The number of rotatable bonds is 8. The van der Waals surface area contributed by atoms with Crippen LogP contribution in [-0.2, 0) is 0 Å². The van der Waals surface area contributed by atoms with Crippen molar-refractivity contribution in [3.63, 3.8) is 0 Å². The fourth-order valence-electron chi connectivity index (χ4n) is 6.70. The minimum absolute atomic E-state index is 0.721. The zero-order valence-electron chi connectivity index (χ0n) is 15.9. The summed E-state index contributed by atoms with van der Waals surface area (Å²) in [6.07, 6.45) is 20.8. The maximum absolute atomic E-state index is 4.20. The van der Waals surface area contributed by atoms with Gasteiger partial charge in [0.05, 0.1) is 0 Å². The molecule has 0 N–H and O–H groups in total. The fourth-order valence-corrected chi connectivity index (χ4v) is 6.70. The second kappa shape index (κ2) is 7.25. The van der Waals surface area contributed by atoms with Gasteiger partial charge in [-0.05, 0) is 124 Å². The van der Waals surface area contributed by atoms with Crippen molar-refractivity contribution in [3.8, 4) is 0 Å². The molecule has 0 amide bonds. The minimum atomic E-state index is 0.721. The topological polar surface area (TPSA) is 12.9 Å². The van der Waals surface area contributed by atoms with Crippen LogP contribution in [0.5, 0.6) is 0 Å². The first kappa shape index (κ1) is 17.3. The highest BCUT2D eigenvalue weighted by atomic mass is 14.6. The van der Waals surface area contributed by atoms with Gasteiger partial charge in [0.15, 0.2) is 0 Å². The van der Waals surface area contributed by atoms with Crippen molar-refractivity contribution in [1.29, 1.82) is 0 Å². The molecule has 1 aromatic heterocycles. The summed E-state index contributed by atoms with van der Waals surface area (Å²) in [4.78, 5) is 4.13. The summed E-state index contributed by atoms with van der Waals surface area (Å²) in [6.45, 7) is 6.40. The lowest BCUT2D eigenvalue weighted by Gasteiger charge is -2.57. The first-order valence-electron chi connectivity index (χ1n) is 10.5. The van der Waals surface area contributed by atoms with Gasteiger partial charge in [-0.3, -0.25) is 4.98 Å². The van der Waals surface area contributed by atoms with Crippen molar-refractivity contribution >= 4 is 0 Å². The van der Waals surface area contributed by atoms with Crippen molar-refractivity contribution in [1.82, 2.24) is 4.98 Å². The number of pyridine rings is 1. The van der Waals surface area contributed by atoms with Gasteiger partial charge in [-0.25, -0.2) is 0 Å². The van der Waals surface area contributed by atoms with E-state index in [1.807, 2.05) is 12.4 Å². The third kappa shape index (κ3) is 4.18. The predicted molar refractivity (Wildman–Crippen MR) is 105 cm³/mol. The Kier molecular flexibility index (Phi) is 5.02. The largest absolute Gasteiger partial charge is 0.265 e. The predicted octanol–water partition coefficient (Wildman–Crippen LogP) is 6.60. The summed E-state index contributed by atoms with van der Waals surface area (Å²) >= 11 is 0. The zero-order valence-corrected chi connectivity index (χ0v) is 15.9. The number of aromatic nitrogens is 1. The van der Waals surface area contributed by atoms with Crippen LogP contribution in [0.1, 0.15) is 76.7 Å². The minimum Gasteiger partial charge on any atom is -0.265 e. The molecule has 1 aromatic rings. The molecule has 4 aliphatic carbocycles. The van der Waals surface area contributed by atoms with Gasteiger partial charge >= 0.3 is 0 Å². The van der Waals surface area contributed by atoms with Gasteiger partial charge in [-0.1, -0.05) is 5.57 Å². The average molecular weight is 337 g/mol. The molecule has 0 spiro atoms. The van der Waals surface area contributed by atoms with E-state index in [0.717, 1.165) is 29.1 Å². The van der Waals surface area contributed by atoms with Crippen LogP contribution >= 0.6 is 0 Å². The number of hydrogen-bond acceptors (Lipinski definition) is 1. The van der Waals surface area contributed by atoms with E-state index < -0.39 is 0 Å². The Morgan fingerprint density at radius 1 is 1.16 bits per heavy atom. The van der Waals surface area contributed by atoms with Crippen LogP contribution in [0.3, 0.4) is 0 Å². The highest BCUT2D eigenvalue weighted by Gasteiger charge is 2.50. The third-order valence-electron chi connectivity index (χ3n) is 7.28. The molecule has 4 bridgehead atoms. The van der Waals surface area contributed by atoms with Crippen LogP contribution in [-0.4, -0.2) is 4.98 Å². The van der Waals surface area contributed by atoms with E-state index in [-0.39, 0.29) is 0 Å². The lowest BCUT2D eigenvalue weighted by Crippen LogP contribution is -2.46. The van der Waals surface area contributed by atoms with E-state index in [2.05, 4.69) is 37.0 Å². The summed E-state index contributed by atoms with van der Waals surface area (Å²) in [6, 6.07) is 4.24. The molecular formula is C24H34N. The van der Waals surface area contributed by atoms with Gasteiger partial charge < -0.3 is 0 Å². The summed E-state index contributed by atoms with van der Waals surface area (Å²) in [7, 11) is 0. The molecule has 1 heterocycles. The van der Waals surface area contributed by atoms with Crippen molar-refractivity contribution in [2.75, 3.05) is 0 Å². The molecule has 0 aliphatic heterocycles. The lowest BCUT2D eigenvalue weighted by molar-refractivity contribution is -0.0600. The molecule has 4 fully saturated rings. The van der Waals surface area contributed by atoms with Crippen LogP contribution in [0.15, 0.2) is 36.7 Å².